The van der Waals surface area contributed by atoms with Gasteiger partial charge in [0.15, 0.2) is 0 Å². The highest BCUT2D eigenvalue weighted by Crippen LogP contribution is 2.33. The zero-order chi connectivity index (χ0) is 12.5. The first-order valence-electron chi connectivity index (χ1n) is 5.97. The van der Waals surface area contributed by atoms with Gasteiger partial charge in [-0.25, -0.2) is 0 Å². The van der Waals surface area contributed by atoms with Crippen LogP contribution in [-0.4, -0.2) is 12.5 Å². The van der Waals surface area contributed by atoms with E-state index < -0.39 is 0 Å². The van der Waals surface area contributed by atoms with Gasteiger partial charge >= 0.3 is 0 Å². The van der Waals surface area contributed by atoms with Crippen LogP contribution in [0.25, 0.3) is 10.4 Å². The van der Waals surface area contributed by atoms with Crippen molar-refractivity contribution in [3.8, 4) is 10.4 Å². The van der Waals surface area contributed by atoms with Gasteiger partial charge in [0.2, 0.25) is 0 Å². The number of hydrogen-bond acceptors (Lipinski definition) is 3. The number of carbonyl (C=O) groups is 1. The summed E-state index contributed by atoms with van der Waals surface area (Å²) >= 11 is 1.47. The molecule has 2 heterocycles. The van der Waals surface area contributed by atoms with Gasteiger partial charge in [-0.15, -0.1) is 11.3 Å². The lowest BCUT2D eigenvalue weighted by Crippen LogP contribution is -2.23. The van der Waals surface area contributed by atoms with Gasteiger partial charge in [0.1, 0.15) is 0 Å². The van der Waals surface area contributed by atoms with Gasteiger partial charge in [-0.1, -0.05) is 18.2 Å². The summed E-state index contributed by atoms with van der Waals surface area (Å²) in [5, 5.41) is 3.37. The Morgan fingerprint density at radius 1 is 1.28 bits per heavy atom. The van der Waals surface area contributed by atoms with Gasteiger partial charge in [0.05, 0.1) is 4.88 Å². The molecule has 3 rings (SSSR count). The third-order valence-electron chi connectivity index (χ3n) is 3.25. The van der Waals surface area contributed by atoms with Crippen molar-refractivity contribution in [2.45, 2.75) is 13.0 Å². The third kappa shape index (κ3) is 1.94. The van der Waals surface area contributed by atoms with Crippen molar-refractivity contribution < 1.29 is 4.79 Å². The summed E-state index contributed by atoms with van der Waals surface area (Å²) in [7, 11) is 0. The van der Waals surface area contributed by atoms with Crippen molar-refractivity contribution in [3.63, 3.8) is 0 Å². The zero-order valence-corrected chi connectivity index (χ0v) is 10.7. The molecule has 0 saturated heterocycles. The Kier molecular flexibility index (Phi) is 2.89. The number of nitrogens with one attached hydrogen (secondary N) is 1. The Morgan fingerprint density at radius 2 is 2.17 bits per heavy atom. The second kappa shape index (κ2) is 4.55. The maximum Gasteiger partial charge on any atom is 0.258 e. The summed E-state index contributed by atoms with van der Waals surface area (Å²) in [5.74, 6) is -0.349. The van der Waals surface area contributed by atoms with E-state index in [2.05, 4.69) is 23.5 Å². The summed E-state index contributed by atoms with van der Waals surface area (Å²) in [6.07, 6.45) is 1.04. The lowest BCUT2D eigenvalue weighted by Gasteiger charge is -2.19. The fourth-order valence-electron chi connectivity index (χ4n) is 2.38. The normalized spacial score (nSPS) is 14.2. The molecule has 2 aromatic rings. The molecule has 0 saturated carbocycles. The van der Waals surface area contributed by atoms with Crippen LogP contribution in [0.4, 0.5) is 0 Å². The molecule has 0 atom stereocenters. The van der Waals surface area contributed by atoms with Gasteiger partial charge in [-0.2, -0.15) is 0 Å². The van der Waals surface area contributed by atoms with Crippen LogP contribution in [-0.2, 0) is 13.0 Å². The number of amides is 1. The van der Waals surface area contributed by atoms with E-state index >= 15 is 0 Å². The minimum absolute atomic E-state index is 0.349. The van der Waals surface area contributed by atoms with Crippen LogP contribution in [0, 0.1) is 0 Å². The van der Waals surface area contributed by atoms with Crippen molar-refractivity contribution in [2.75, 3.05) is 6.54 Å². The Morgan fingerprint density at radius 3 is 2.94 bits per heavy atom. The standard InChI is InChI=1S/C14H14N2OS/c15-14(17)13-5-4-12(18-13)11-3-1-2-9-8-16-7-6-10(9)11/h1-5,16H,6-8H2,(H2,15,17). The quantitative estimate of drug-likeness (QED) is 0.867. The van der Waals surface area contributed by atoms with E-state index in [1.54, 1.807) is 0 Å². The number of hydrogen-bond donors (Lipinski definition) is 2. The van der Waals surface area contributed by atoms with Crippen LogP contribution in [0.15, 0.2) is 30.3 Å². The Hall–Kier alpha value is -1.65. The average molecular weight is 258 g/mol. The van der Waals surface area contributed by atoms with Crippen LogP contribution in [0.1, 0.15) is 20.8 Å². The molecule has 1 amide bonds. The average Bonchev–Trinajstić information content (AvgIpc) is 2.87. The largest absolute Gasteiger partial charge is 0.365 e. The maximum atomic E-state index is 11.2. The molecule has 0 radical (unpaired) electrons. The molecular formula is C14H14N2OS. The number of carbonyl (C=O) groups excluding carboxylic acids is 1. The molecule has 0 fully saturated rings. The van der Waals surface area contributed by atoms with E-state index in [4.69, 9.17) is 5.73 Å². The van der Waals surface area contributed by atoms with Crippen molar-refractivity contribution in [2.24, 2.45) is 5.73 Å². The van der Waals surface area contributed by atoms with E-state index in [0.29, 0.717) is 4.88 Å². The van der Waals surface area contributed by atoms with Gasteiger partial charge in [-0.3, -0.25) is 4.79 Å². The van der Waals surface area contributed by atoms with Gasteiger partial charge in [0, 0.05) is 11.4 Å². The highest BCUT2D eigenvalue weighted by atomic mass is 32.1. The summed E-state index contributed by atoms with van der Waals surface area (Å²) < 4.78 is 0. The zero-order valence-electron chi connectivity index (χ0n) is 9.90. The van der Waals surface area contributed by atoms with Crippen LogP contribution in [0.3, 0.4) is 0 Å². The van der Waals surface area contributed by atoms with Crippen LogP contribution in [0.2, 0.25) is 0 Å². The second-order valence-electron chi connectivity index (χ2n) is 4.40. The lowest BCUT2D eigenvalue weighted by molar-refractivity contribution is 0.100. The van der Waals surface area contributed by atoms with Gasteiger partial charge < -0.3 is 11.1 Å². The van der Waals surface area contributed by atoms with E-state index in [9.17, 15) is 4.79 Å². The van der Waals surface area contributed by atoms with Gasteiger partial charge in [0.25, 0.3) is 5.91 Å². The van der Waals surface area contributed by atoms with Crippen LogP contribution < -0.4 is 11.1 Å². The van der Waals surface area contributed by atoms with Gasteiger partial charge in [-0.05, 0) is 41.8 Å². The Labute approximate surface area is 110 Å². The SMILES string of the molecule is NC(=O)c1ccc(-c2cccc3c2CCNC3)s1. The number of benzene rings is 1. The van der Waals surface area contributed by atoms with Crippen LogP contribution >= 0.6 is 11.3 Å². The fraction of sp³-hybridized carbons (Fsp3) is 0.214. The molecular weight excluding hydrogens is 244 g/mol. The predicted octanol–water partition coefficient (Wildman–Crippen LogP) is 2.16. The highest BCUT2D eigenvalue weighted by Gasteiger charge is 2.15. The predicted molar refractivity (Wildman–Crippen MR) is 73.7 cm³/mol. The molecule has 0 bridgehead atoms. The third-order valence-corrected chi connectivity index (χ3v) is 4.39. The highest BCUT2D eigenvalue weighted by molar-refractivity contribution is 7.17. The van der Waals surface area contributed by atoms with Crippen LogP contribution in [0.5, 0.6) is 0 Å². The number of nitrogens with two attached hydrogens (primary N) is 1. The van der Waals surface area contributed by atoms with Crippen molar-refractivity contribution in [3.05, 3.63) is 46.3 Å². The minimum atomic E-state index is -0.349. The number of primary amides is 1. The smallest absolute Gasteiger partial charge is 0.258 e. The molecule has 18 heavy (non-hydrogen) atoms. The monoisotopic (exact) mass is 258 g/mol. The molecule has 0 unspecified atom stereocenters. The Bertz CT molecular complexity index is 604. The second-order valence-corrected chi connectivity index (χ2v) is 5.48. The first-order chi connectivity index (χ1) is 8.75. The Balaban J connectivity index is 2.08. The summed E-state index contributed by atoms with van der Waals surface area (Å²) in [6.45, 7) is 1.94. The molecule has 4 heteroatoms. The van der Waals surface area contributed by atoms with Crippen molar-refractivity contribution in [1.29, 1.82) is 0 Å². The molecule has 0 aliphatic carbocycles. The topological polar surface area (TPSA) is 55.1 Å². The molecule has 1 aromatic carbocycles. The molecule has 1 aliphatic rings. The van der Waals surface area contributed by atoms with Crippen molar-refractivity contribution >= 4 is 17.2 Å². The maximum absolute atomic E-state index is 11.2. The molecule has 1 aliphatic heterocycles. The lowest BCUT2D eigenvalue weighted by atomic mass is 9.95. The minimum Gasteiger partial charge on any atom is -0.365 e. The fourth-order valence-corrected chi connectivity index (χ4v) is 3.29. The molecule has 3 N–H and O–H groups in total. The number of fused-ring (bicyclic) bond motifs is 1. The molecule has 0 spiro atoms. The number of rotatable bonds is 2. The summed E-state index contributed by atoms with van der Waals surface area (Å²) in [5.41, 5.74) is 9.30. The first kappa shape index (κ1) is 11.4. The van der Waals surface area contributed by atoms with Crippen molar-refractivity contribution in [1.82, 2.24) is 5.32 Å². The first-order valence-corrected chi connectivity index (χ1v) is 6.79. The summed E-state index contributed by atoms with van der Waals surface area (Å²) in [6, 6.07) is 10.2. The summed E-state index contributed by atoms with van der Waals surface area (Å²) in [4.78, 5) is 12.9. The molecule has 92 valence electrons. The van der Waals surface area contributed by atoms with E-state index in [1.165, 1.54) is 28.0 Å². The van der Waals surface area contributed by atoms with E-state index in [0.717, 1.165) is 24.4 Å². The number of thiophene rings is 1. The van der Waals surface area contributed by atoms with E-state index in [1.807, 2.05) is 12.1 Å². The molecule has 3 nitrogen and oxygen atoms in total. The molecule has 1 aromatic heterocycles. The van der Waals surface area contributed by atoms with E-state index in [-0.39, 0.29) is 5.91 Å².